The minimum absolute atomic E-state index is 0.108. The number of nitrogens with one attached hydrogen (secondary N) is 1. The summed E-state index contributed by atoms with van der Waals surface area (Å²) in [5.74, 6) is -1.64. The maximum atomic E-state index is 13.4. The number of ether oxygens (including phenoxy) is 3. The molecule has 4 rings (SSSR count). The van der Waals surface area contributed by atoms with Crippen molar-refractivity contribution >= 4 is 11.6 Å². The molecule has 9 heteroatoms. The molecule has 1 amide bonds. The Labute approximate surface area is 181 Å². The van der Waals surface area contributed by atoms with Gasteiger partial charge in [-0.2, -0.15) is 0 Å². The van der Waals surface area contributed by atoms with E-state index in [9.17, 15) is 13.6 Å². The molecule has 172 valence electrons. The van der Waals surface area contributed by atoms with Crippen LogP contribution in [0.15, 0.2) is 12.1 Å². The largest absolute Gasteiger partial charge is 0.476 e. The third-order valence-corrected chi connectivity index (χ3v) is 5.81. The van der Waals surface area contributed by atoms with E-state index in [1.165, 1.54) is 17.7 Å². The molecule has 1 N–H and O–H groups in total. The average molecular weight is 440 g/mol. The highest BCUT2D eigenvalue weighted by molar-refractivity contribution is 5.93. The highest BCUT2D eigenvalue weighted by Crippen LogP contribution is 2.38. The van der Waals surface area contributed by atoms with Crippen molar-refractivity contribution in [2.24, 2.45) is 11.8 Å². The van der Waals surface area contributed by atoms with E-state index in [0.717, 1.165) is 19.3 Å². The fraction of sp³-hybridized carbons (Fsp3) is 0.727. The standard InChI is InChI=1S/C22H31F2N3O4/c1-29-8-9-30-12-17(10-15-2-3-15)25-20(28)18-6-7-19(27-13-22(23,24)14-27)21(26-18)31-11-16-4-5-16/h6-7,15-17H,2-5,8-14H2,1H3,(H,25,28). The smallest absolute Gasteiger partial charge is 0.282 e. The number of methoxy groups -OCH3 is 1. The minimum atomic E-state index is -2.69. The zero-order valence-corrected chi connectivity index (χ0v) is 17.9. The molecule has 1 saturated heterocycles. The second kappa shape index (κ2) is 9.65. The number of amides is 1. The maximum absolute atomic E-state index is 13.4. The number of rotatable bonds is 13. The van der Waals surface area contributed by atoms with Gasteiger partial charge in [0.25, 0.3) is 11.8 Å². The first-order chi connectivity index (χ1) is 14.9. The molecule has 1 aromatic rings. The molecule has 1 atom stereocenters. The summed E-state index contributed by atoms with van der Waals surface area (Å²) in [6.07, 6.45) is 5.42. The fourth-order valence-electron chi connectivity index (χ4n) is 3.62. The number of carbonyl (C=O) groups is 1. The molecule has 1 aromatic heterocycles. The zero-order chi connectivity index (χ0) is 21.8. The van der Waals surface area contributed by atoms with Gasteiger partial charge in [0.2, 0.25) is 5.88 Å². The van der Waals surface area contributed by atoms with Crippen molar-refractivity contribution in [3.63, 3.8) is 0 Å². The zero-order valence-electron chi connectivity index (χ0n) is 17.9. The number of hydrogen-bond acceptors (Lipinski definition) is 6. The van der Waals surface area contributed by atoms with Crippen LogP contribution in [0.5, 0.6) is 5.88 Å². The molecule has 3 aliphatic rings. The van der Waals surface area contributed by atoms with Gasteiger partial charge < -0.3 is 24.4 Å². The van der Waals surface area contributed by atoms with Crippen LogP contribution in [0.3, 0.4) is 0 Å². The Morgan fingerprint density at radius 3 is 2.61 bits per heavy atom. The maximum Gasteiger partial charge on any atom is 0.282 e. The lowest BCUT2D eigenvalue weighted by Gasteiger charge is -2.40. The van der Waals surface area contributed by atoms with E-state index in [-0.39, 0.29) is 36.6 Å². The van der Waals surface area contributed by atoms with Gasteiger partial charge in [-0.05, 0) is 43.2 Å². The van der Waals surface area contributed by atoms with Gasteiger partial charge in [0.1, 0.15) is 11.4 Å². The van der Waals surface area contributed by atoms with Crippen LogP contribution in [-0.4, -0.2) is 69.5 Å². The first-order valence-corrected chi connectivity index (χ1v) is 11.1. The second-order valence-electron chi connectivity index (χ2n) is 8.90. The van der Waals surface area contributed by atoms with Crippen molar-refractivity contribution in [1.82, 2.24) is 10.3 Å². The van der Waals surface area contributed by atoms with Crippen molar-refractivity contribution in [3.05, 3.63) is 17.8 Å². The van der Waals surface area contributed by atoms with Crippen LogP contribution in [0.4, 0.5) is 14.5 Å². The topological polar surface area (TPSA) is 72.9 Å². The summed E-state index contributed by atoms with van der Waals surface area (Å²) in [5.41, 5.74) is 0.736. The third kappa shape index (κ3) is 6.49. The fourth-order valence-corrected chi connectivity index (χ4v) is 3.62. The lowest BCUT2D eigenvalue weighted by molar-refractivity contribution is -0.0265. The number of pyridine rings is 1. The molecule has 2 aliphatic carbocycles. The van der Waals surface area contributed by atoms with Gasteiger partial charge in [-0.15, -0.1) is 0 Å². The summed E-state index contributed by atoms with van der Waals surface area (Å²) in [6, 6.07) is 3.12. The van der Waals surface area contributed by atoms with E-state index in [0.29, 0.717) is 44.0 Å². The summed E-state index contributed by atoms with van der Waals surface area (Å²) in [4.78, 5) is 18.8. The predicted octanol–water partition coefficient (Wildman–Crippen LogP) is 2.89. The van der Waals surface area contributed by atoms with Gasteiger partial charge in [-0.3, -0.25) is 4.79 Å². The molecule has 0 radical (unpaired) electrons. The summed E-state index contributed by atoms with van der Waals surface area (Å²) in [6.45, 7) is 1.17. The number of alkyl halides is 2. The molecule has 0 spiro atoms. The molecule has 2 heterocycles. The van der Waals surface area contributed by atoms with Crippen LogP contribution in [0.25, 0.3) is 0 Å². The Morgan fingerprint density at radius 1 is 1.23 bits per heavy atom. The summed E-state index contributed by atoms with van der Waals surface area (Å²) in [7, 11) is 1.62. The highest BCUT2D eigenvalue weighted by atomic mass is 19.3. The number of hydrogen-bond donors (Lipinski definition) is 1. The Kier molecular flexibility index (Phi) is 6.91. The number of carbonyl (C=O) groups excluding carboxylic acids is 1. The molecular weight excluding hydrogens is 408 g/mol. The lowest BCUT2D eigenvalue weighted by Crippen LogP contribution is -2.56. The Bertz CT molecular complexity index is 763. The molecule has 3 fully saturated rings. The van der Waals surface area contributed by atoms with Crippen molar-refractivity contribution in [3.8, 4) is 5.88 Å². The van der Waals surface area contributed by atoms with Crippen LogP contribution in [0, 0.1) is 11.8 Å². The Hall–Kier alpha value is -2.00. The molecule has 0 aromatic carbocycles. The van der Waals surface area contributed by atoms with Crippen molar-refractivity contribution in [2.45, 2.75) is 44.1 Å². The molecular formula is C22H31F2N3O4. The Balaban J connectivity index is 1.41. The second-order valence-corrected chi connectivity index (χ2v) is 8.90. The molecule has 0 bridgehead atoms. The van der Waals surface area contributed by atoms with E-state index in [1.54, 1.807) is 19.2 Å². The van der Waals surface area contributed by atoms with Crippen molar-refractivity contribution in [1.29, 1.82) is 0 Å². The van der Waals surface area contributed by atoms with Crippen LogP contribution >= 0.6 is 0 Å². The SMILES string of the molecule is COCCOCC(CC1CC1)NC(=O)c1ccc(N2CC(F)(F)C2)c(OCC2CC2)n1. The van der Waals surface area contributed by atoms with E-state index < -0.39 is 5.92 Å². The average Bonchev–Trinajstić information content (AvgIpc) is 3.63. The quantitative estimate of drug-likeness (QED) is 0.477. The highest BCUT2D eigenvalue weighted by Gasteiger charge is 2.45. The number of anilines is 1. The molecule has 7 nitrogen and oxygen atoms in total. The van der Waals surface area contributed by atoms with Crippen LogP contribution in [-0.2, 0) is 9.47 Å². The van der Waals surface area contributed by atoms with E-state index >= 15 is 0 Å². The van der Waals surface area contributed by atoms with Gasteiger partial charge in [0, 0.05) is 7.11 Å². The molecule has 1 unspecified atom stereocenters. The van der Waals surface area contributed by atoms with Gasteiger partial charge in [-0.1, -0.05) is 12.8 Å². The summed E-state index contributed by atoms with van der Waals surface area (Å²) < 4.78 is 43.2. The van der Waals surface area contributed by atoms with E-state index in [4.69, 9.17) is 14.2 Å². The van der Waals surface area contributed by atoms with E-state index in [1.807, 2.05) is 0 Å². The Morgan fingerprint density at radius 2 is 1.97 bits per heavy atom. The predicted molar refractivity (Wildman–Crippen MR) is 111 cm³/mol. The van der Waals surface area contributed by atoms with Gasteiger partial charge >= 0.3 is 0 Å². The summed E-state index contributed by atoms with van der Waals surface area (Å²) >= 11 is 0. The van der Waals surface area contributed by atoms with Crippen molar-refractivity contribution in [2.75, 3.05) is 51.5 Å². The van der Waals surface area contributed by atoms with Gasteiger partial charge in [-0.25, -0.2) is 13.8 Å². The van der Waals surface area contributed by atoms with E-state index in [2.05, 4.69) is 10.3 Å². The van der Waals surface area contributed by atoms with Crippen LogP contribution < -0.4 is 15.0 Å². The number of halogens is 2. The number of aromatic nitrogens is 1. The van der Waals surface area contributed by atoms with Crippen LogP contribution in [0.2, 0.25) is 0 Å². The first-order valence-electron chi connectivity index (χ1n) is 11.1. The normalized spacial score (nSPS) is 20.8. The monoisotopic (exact) mass is 439 g/mol. The van der Waals surface area contributed by atoms with Gasteiger partial charge in [0.05, 0.1) is 45.6 Å². The summed E-state index contributed by atoms with van der Waals surface area (Å²) in [5, 5.41) is 3.02. The third-order valence-electron chi connectivity index (χ3n) is 5.81. The molecule has 1 aliphatic heterocycles. The first kappa shape index (κ1) is 22.2. The minimum Gasteiger partial charge on any atom is -0.476 e. The van der Waals surface area contributed by atoms with Crippen LogP contribution in [0.1, 0.15) is 42.6 Å². The molecule has 31 heavy (non-hydrogen) atoms. The lowest BCUT2D eigenvalue weighted by atomic mass is 10.1. The number of nitrogens with zero attached hydrogens (tertiary/aromatic N) is 2. The van der Waals surface area contributed by atoms with Gasteiger partial charge in [0.15, 0.2) is 0 Å². The van der Waals surface area contributed by atoms with Crippen molar-refractivity contribution < 1.29 is 27.8 Å². The molecule has 2 saturated carbocycles.